The number of benzene rings is 1. The van der Waals surface area contributed by atoms with Gasteiger partial charge in [0.05, 0.1) is 5.02 Å². The maximum absolute atomic E-state index is 11.6. The predicted molar refractivity (Wildman–Crippen MR) is 87.7 cm³/mol. The molecule has 0 amide bonds. The standard InChI is InChI=1S/C18H15ClN2O/c19-15-7-8-17-20-18(16(11-22)21(17)10-15)14-6-5-12-3-1-2-4-13(12)9-14/h5-11H,1-4H2. The SMILES string of the molecule is O=Cc1c(-c2ccc3c(c2)CCCC3)nc2ccc(Cl)cn12. The number of pyridine rings is 1. The van der Waals surface area contributed by atoms with E-state index in [4.69, 9.17) is 11.6 Å². The number of carbonyl (C=O) groups is 1. The molecule has 0 fully saturated rings. The lowest BCUT2D eigenvalue weighted by molar-refractivity contribution is 0.111. The summed E-state index contributed by atoms with van der Waals surface area (Å²) in [6, 6.07) is 10.0. The Kier molecular flexibility index (Phi) is 3.23. The summed E-state index contributed by atoms with van der Waals surface area (Å²) >= 11 is 6.03. The van der Waals surface area contributed by atoms with Crippen molar-refractivity contribution in [2.24, 2.45) is 0 Å². The lowest BCUT2D eigenvalue weighted by Crippen LogP contribution is -2.02. The highest BCUT2D eigenvalue weighted by Crippen LogP contribution is 2.29. The Bertz CT molecular complexity index is 882. The second-order valence-electron chi connectivity index (χ2n) is 5.73. The van der Waals surface area contributed by atoms with Gasteiger partial charge >= 0.3 is 0 Å². The Morgan fingerprint density at radius 3 is 2.73 bits per heavy atom. The first-order chi connectivity index (χ1) is 10.8. The Hall–Kier alpha value is -2.13. The molecule has 0 atom stereocenters. The monoisotopic (exact) mass is 310 g/mol. The minimum absolute atomic E-state index is 0.549. The van der Waals surface area contributed by atoms with E-state index in [1.165, 1.54) is 24.0 Å². The van der Waals surface area contributed by atoms with Crippen LogP contribution in [-0.4, -0.2) is 15.7 Å². The van der Waals surface area contributed by atoms with Crippen molar-refractivity contribution in [2.75, 3.05) is 0 Å². The maximum atomic E-state index is 11.6. The number of aldehydes is 1. The number of nitrogens with zero attached hydrogens (tertiary/aromatic N) is 2. The van der Waals surface area contributed by atoms with Crippen LogP contribution in [0.25, 0.3) is 16.9 Å². The molecule has 0 unspecified atom stereocenters. The second kappa shape index (κ2) is 5.25. The lowest BCUT2D eigenvalue weighted by Gasteiger charge is -2.16. The van der Waals surface area contributed by atoms with Gasteiger partial charge in [-0.05, 0) is 55.0 Å². The minimum atomic E-state index is 0.549. The number of carbonyl (C=O) groups excluding carboxylic acids is 1. The Morgan fingerprint density at radius 1 is 1.09 bits per heavy atom. The molecule has 1 aliphatic carbocycles. The summed E-state index contributed by atoms with van der Waals surface area (Å²) in [5, 5.41) is 0.588. The number of aryl methyl sites for hydroxylation is 2. The largest absolute Gasteiger partial charge is 0.296 e. The van der Waals surface area contributed by atoms with Gasteiger partial charge in [0.1, 0.15) is 17.0 Å². The maximum Gasteiger partial charge on any atom is 0.169 e. The number of imidazole rings is 1. The zero-order chi connectivity index (χ0) is 15.1. The summed E-state index contributed by atoms with van der Waals surface area (Å²) in [5.41, 5.74) is 5.82. The number of hydrogen-bond acceptors (Lipinski definition) is 2. The Labute approximate surface area is 133 Å². The van der Waals surface area contributed by atoms with E-state index < -0.39 is 0 Å². The van der Waals surface area contributed by atoms with Crippen LogP contribution in [0.5, 0.6) is 0 Å². The van der Waals surface area contributed by atoms with Gasteiger partial charge in [0, 0.05) is 11.8 Å². The Morgan fingerprint density at radius 2 is 1.91 bits per heavy atom. The van der Waals surface area contributed by atoms with Crippen molar-refractivity contribution in [1.82, 2.24) is 9.38 Å². The summed E-state index contributed by atoms with van der Waals surface area (Å²) in [7, 11) is 0. The van der Waals surface area contributed by atoms with Crippen molar-refractivity contribution < 1.29 is 4.79 Å². The molecule has 4 rings (SSSR count). The zero-order valence-corrected chi connectivity index (χ0v) is 12.8. The topological polar surface area (TPSA) is 34.4 Å². The summed E-state index contributed by atoms with van der Waals surface area (Å²) in [4.78, 5) is 16.2. The van der Waals surface area contributed by atoms with Crippen molar-refractivity contribution in [3.8, 4) is 11.3 Å². The van der Waals surface area contributed by atoms with Crippen molar-refractivity contribution in [3.05, 3.63) is 58.4 Å². The molecule has 0 aliphatic heterocycles. The zero-order valence-electron chi connectivity index (χ0n) is 12.1. The minimum Gasteiger partial charge on any atom is -0.296 e. The first kappa shape index (κ1) is 13.5. The van der Waals surface area contributed by atoms with E-state index in [1.807, 2.05) is 6.07 Å². The summed E-state index contributed by atoms with van der Waals surface area (Å²) in [6.07, 6.45) is 7.34. The normalized spacial score (nSPS) is 14.0. The van der Waals surface area contributed by atoms with Gasteiger partial charge in [-0.2, -0.15) is 0 Å². The number of aromatic nitrogens is 2. The molecule has 2 heterocycles. The molecule has 2 aromatic heterocycles. The third-order valence-electron chi connectivity index (χ3n) is 4.35. The van der Waals surface area contributed by atoms with Crippen molar-refractivity contribution in [3.63, 3.8) is 0 Å². The molecule has 0 spiro atoms. The third kappa shape index (κ3) is 2.13. The molecule has 3 aromatic rings. The molecule has 22 heavy (non-hydrogen) atoms. The van der Waals surface area contributed by atoms with Crippen LogP contribution in [0.2, 0.25) is 5.02 Å². The van der Waals surface area contributed by atoms with Gasteiger partial charge in [0.15, 0.2) is 6.29 Å². The van der Waals surface area contributed by atoms with Crippen LogP contribution in [0.15, 0.2) is 36.5 Å². The summed E-state index contributed by atoms with van der Waals surface area (Å²) in [5.74, 6) is 0. The molecule has 1 aromatic carbocycles. The fourth-order valence-corrected chi connectivity index (χ4v) is 3.40. The average molecular weight is 311 g/mol. The Balaban J connectivity index is 1.92. The lowest BCUT2D eigenvalue weighted by atomic mass is 9.90. The van der Waals surface area contributed by atoms with Crippen LogP contribution in [0.1, 0.15) is 34.5 Å². The molecule has 0 N–H and O–H groups in total. The molecule has 0 saturated carbocycles. The fourth-order valence-electron chi connectivity index (χ4n) is 3.24. The van der Waals surface area contributed by atoms with E-state index in [2.05, 4.69) is 23.2 Å². The summed E-state index contributed by atoms with van der Waals surface area (Å²) in [6.45, 7) is 0. The summed E-state index contributed by atoms with van der Waals surface area (Å²) < 4.78 is 1.75. The van der Waals surface area contributed by atoms with Gasteiger partial charge < -0.3 is 0 Å². The van der Waals surface area contributed by atoms with Gasteiger partial charge in [-0.3, -0.25) is 9.20 Å². The van der Waals surface area contributed by atoms with Crippen LogP contribution < -0.4 is 0 Å². The van der Waals surface area contributed by atoms with Gasteiger partial charge in [-0.1, -0.05) is 23.7 Å². The van der Waals surface area contributed by atoms with Crippen molar-refractivity contribution >= 4 is 23.5 Å². The van der Waals surface area contributed by atoms with Crippen LogP contribution in [0, 0.1) is 0 Å². The van der Waals surface area contributed by atoms with E-state index >= 15 is 0 Å². The molecule has 4 heteroatoms. The molecule has 0 bridgehead atoms. The number of rotatable bonds is 2. The van der Waals surface area contributed by atoms with Gasteiger partial charge in [-0.15, -0.1) is 0 Å². The first-order valence-electron chi connectivity index (χ1n) is 7.51. The first-order valence-corrected chi connectivity index (χ1v) is 7.89. The highest BCUT2D eigenvalue weighted by atomic mass is 35.5. The molecule has 0 radical (unpaired) electrons. The van der Waals surface area contributed by atoms with Crippen LogP contribution in [0.3, 0.4) is 0 Å². The number of halogens is 1. The third-order valence-corrected chi connectivity index (χ3v) is 4.58. The highest BCUT2D eigenvalue weighted by Gasteiger charge is 2.16. The van der Waals surface area contributed by atoms with E-state index in [0.717, 1.165) is 36.0 Å². The predicted octanol–water partition coefficient (Wildman–Crippen LogP) is 4.35. The number of fused-ring (bicyclic) bond motifs is 2. The molecular weight excluding hydrogens is 296 g/mol. The number of hydrogen-bond donors (Lipinski definition) is 0. The average Bonchev–Trinajstić information content (AvgIpc) is 2.92. The van der Waals surface area contributed by atoms with Crippen LogP contribution in [-0.2, 0) is 12.8 Å². The van der Waals surface area contributed by atoms with Crippen molar-refractivity contribution in [1.29, 1.82) is 0 Å². The second-order valence-corrected chi connectivity index (χ2v) is 6.17. The van der Waals surface area contributed by atoms with E-state index in [-0.39, 0.29) is 0 Å². The van der Waals surface area contributed by atoms with Gasteiger partial charge in [0.2, 0.25) is 0 Å². The van der Waals surface area contributed by atoms with E-state index in [0.29, 0.717) is 10.7 Å². The van der Waals surface area contributed by atoms with E-state index in [1.54, 1.807) is 16.7 Å². The van der Waals surface area contributed by atoms with Gasteiger partial charge in [0.25, 0.3) is 0 Å². The van der Waals surface area contributed by atoms with Crippen LogP contribution >= 0.6 is 11.6 Å². The molecule has 0 saturated heterocycles. The van der Waals surface area contributed by atoms with Crippen molar-refractivity contribution in [2.45, 2.75) is 25.7 Å². The van der Waals surface area contributed by atoms with E-state index in [9.17, 15) is 4.79 Å². The van der Waals surface area contributed by atoms with Gasteiger partial charge in [-0.25, -0.2) is 4.98 Å². The molecule has 110 valence electrons. The fraction of sp³-hybridized carbons (Fsp3) is 0.222. The quantitative estimate of drug-likeness (QED) is 0.660. The highest BCUT2D eigenvalue weighted by molar-refractivity contribution is 6.30. The molecule has 1 aliphatic rings. The molecule has 3 nitrogen and oxygen atoms in total. The van der Waals surface area contributed by atoms with Crippen LogP contribution in [0.4, 0.5) is 0 Å². The smallest absolute Gasteiger partial charge is 0.169 e. The molecular formula is C18H15ClN2O.